The van der Waals surface area contributed by atoms with E-state index in [0.29, 0.717) is 48.7 Å². The van der Waals surface area contributed by atoms with Gasteiger partial charge in [0.1, 0.15) is 12.2 Å². The number of hydrogen-bond donors (Lipinski definition) is 3. The maximum atomic E-state index is 11.5. The van der Waals surface area contributed by atoms with Gasteiger partial charge >= 0.3 is 10.4 Å². The molecule has 1 aliphatic heterocycles. The maximum Gasteiger partial charge on any atom is 0.397 e. The maximum absolute atomic E-state index is 11.5. The van der Waals surface area contributed by atoms with Gasteiger partial charge in [-0.1, -0.05) is 46.3 Å². The fourth-order valence-electron chi connectivity index (χ4n) is 9.11. The lowest BCUT2D eigenvalue weighted by molar-refractivity contribution is -0.165. The second-order valence-electron chi connectivity index (χ2n) is 12.8. The Bertz CT molecular complexity index is 947. The van der Waals surface area contributed by atoms with E-state index in [1.807, 2.05) is 0 Å². The molecule has 12 atom stereocenters. The van der Waals surface area contributed by atoms with E-state index >= 15 is 0 Å². The summed E-state index contributed by atoms with van der Waals surface area (Å²) in [6.07, 6.45) is 4.89. The first-order valence-electron chi connectivity index (χ1n) is 13.1. The van der Waals surface area contributed by atoms with E-state index in [1.54, 1.807) is 0 Å². The van der Waals surface area contributed by atoms with Crippen LogP contribution in [-0.2, 0) is 19.3 Å². The lowest BCUT2D eigenvalue weighted by Gasteiger charge is -2.59. The number of aliphatic hydroxyl groups is 2. The fraction of sp³-hybridized carbons (Fsp3) is 0.923. The molecule has 3 saturated carbocycles. The van der Waals surface area contributed by atoms with Crippen LogP contribution in [0.25, 0.3) is 0 Å². The largest absolute Gasteiger partial charge is 0.397 e. The molecule has 7 nitrogen and oxygen atoms in total. The van der Waals surface area contributed by atoms with E-state index in [1.165, 1.54) is 12.0 Å². The summed E-state index contributed by atoms with van der Waals surface area (Å²) in [6.45, 7) is 11.4. The van der Waals surface area contributed by atoms with Crippen molar-refractivity contribution in [3.05, 3.63) is 11.6 Å². The molecule has 3 unspecified atom stereocenters. The topological polar surface area (TPSA) is 117 Å². The normalized spacial score (nSPS) is 51.3. The SMILES string of the molecule is CC(C)[C@@H]1O[C@H]1[C@@H](C)[C@H]1CCC2C3=CCC4[C@H](OS(=O)(=O)O)[C@@H](O)[C@H](O)C[C@]4(C)C3CC[C@@]21C. The summed E-state index contributed by atoms with van der Waals surface area (Å²) >= 11 is 0. The van der Waals surface area contributed by atoms with Crippen LogP contribution in [0.2, 0.25) is 0 Å². The van der Waals surface area contributed by atoms with Crippen molar-refractivity contribution in [2.45, 2.75) is 104 Å². The van der Waals surface area contributed by atoms with E-state index in [0.717, 1.165) is 19.3 Å². The van der Waals surface area contributed by atoms with Gasteiger partial charge in [0.15, 0.2) is 0 Å². The van der Waals surface area contributed by atoms with Gasteiger partial charge in [-0.05, 0) is 84.9 Å². The Hall–Kier alpha value is -0.510. The van der Waals surface area contributed by atoms with Crippen molar-refractivity contribution in [1.29, 1.82) is 0 Å². The zero-order valence-corrected chi connectivity index (χ0v) is 21.9. The Morgan fingerprint density at radius 2 is 1.74 bits per heavy atom. The van der Waals surface area contributed by atoms with Crippen LogP contribution in [-0.4, -0.2) is 53.7 Å². The molecule has 0 radical (unpaired) electrons. The van der Waals surface area contributed by atoms with Gasteiger partial charge in [0.05, 0.1) is 18.3 Å². The Kier molecular flexibility index (Phi) is 6.10. The Labute approximate surface area is 204 Å². The van der Waals surface area contributed by atoms with E-state index in [4.69, 9.17) is 8.92 Å². The van der Waals surface area contributed by atoms with Gasteiger partial charge in [-0.15, -0.1) is 0 Å². The van der Waals surface area contributed by atoms with E-state index in [2.05, 4.69) is 40.7 Å². The summed E-state index contributed by atoms with van der Waals surface area (Å²) in [4.78, 5) is 0. The molecule has 0 aromatic heterocycles. The third-order valence-electron chi connectivity index (χ3n) is 10.8. The zero-order valence-electron chi connectivity index (χ0n) is 21.1. The molecule has 0 aromatic carbocycles. The van der Waals surface area contributed by atoms with Crippen LogP contribution in [0.3, 0.4) is 0 Å². The van der Waals surface area contributed by atoms with Crippen LogP contribution >= 0.6 is 0 Å². The third kappa shape index (κ3) is 3.82. The minimum Gasteiger partial charge on any atom is -0.390 e. The molecule has 1 heterocycles. The Balaban J connectivity index is 1.42. The predicted molar refractivity (Wildman–Crippen MR) is 127 cm³/mol. The van der Waals surface area contributed by atoms with Gasteiger partial charge < -0.3 is 14.9 Å². The molecule has 5 aliphatic rings. The summed E-state index contributed by atoms with van der Waals surface area (Å²) in [7, 11) is -4.74. The van der Waals surface area contributed by atoms with Crippen molar-refractivity contribution in [1.82, 2.24) is 0 Å². The van der Waals surface area contributed by atoms with Crippen molar-refractivity contribution >= 4 is 10.4 Å². The standard InChI is InChI=1S/C26H42O7S/c1-13(2)22-23(32-22)14(3)16-8-9-17-15-6-7-19-24(33-34(29,30)31)21(28)20(27)12-26(19,5)18(15)10-11-25(16,17)4/h6,13-14,16-24,27-28H,7-12H2,1-5H3,(H,29,30,31)/t14-,16+,17?,18?,19?,20+,21-,22-,23-,24-,25+,26+/m0/s1. The molecule has 194 valence electrons. The molecular formula is C26H42O7S. The lowest BCUT2D eigenvalue weighted by Crippen LogP contribution is -2.60. The smallest absolute Gasteiger partial charge is 0.390 e. The Morgan fingerprint density at radius 1 is 1.06 bits per heavy atom. The summed E-state index contributed by atoms with van der Waals surface area (Å²) in [5.41, 5.74) is 1.29. The number of epoxide rings is 1. The summed E-state index contributed by atoms with van der Waals surface area (Å²) < 4.78 is 43.5. The highest BCUT2D eigenvalue weighted by atomic mass is 32.3. The highest BCUT2D eigenvalue weighted by molar-refractivity contribution is 7.80. The molecule has 8 heteroatoms. The first kappa shape index (κ1) is 25.2. The minimum absolute atomic E-state index is 0.216. The number of ether oxygens (including phenoxy) is 1. The third-order valence-corrected chi connectivity index (χ3v) is 11.3. The molecule has 0 aromatic rings. The average Bonchev–Trinajstić information content (AvgIpc) is 3.46. The molecule has 4 aliphatic carbocycles. The van der Waals surface area contributed by atoms with Gasteiger partial charge in [0, 0.05) is 0 Å². The molecule has 0 spiro atoms. The number of allylic oxidation sites excluding steroid dienone is 2. The highest BCUT2D eigenvalue weighted by Gasteiger charge is 2.63. The quantitative estimate of drug-likeness (QED) is 0.300. The van der Waals surface area contributed by atoms with Crippen LogP contribution in [0.4, 0.5) is 0 Å². The second kappa shape index (κ2) is 8.25. The number of rotatable bonds is 5. The van der Waals surface area contributed by atoms with Gasteiger partial charge in [-0.25, -0.2) is 4.18 Å². The first-order valence-corrected chi connectivity index (χ1v) is 14.5. The van der Waals surface area contributed by atoms with E-state index < -0.39 is 34.1 Å². The van der Waals surface area contributed by atoms with Crippen LogP contribution in [0.1, 0.15) is 73.1 Å². The van der Waals surface area contributed by atoms with Crippen molar-refractivity contribution in [3.63, 3.8) is 0 Å². The number of hydrogen-bond acceptors (Lipinski definition) is 6. The predicted octanol–water partition coefficient (Wildman–Crippen LogP) is 3.75. The number of fused-ring (bicyclic) bond motifs is 5. The molecular weight excluding hydrogens is 456 g/mol. The first-order chi connectivity index (χ1) is 15.8. The summed E-state index contributed by atoms with van der Waals surface area (Å²) in [5, 5.41) is 21.3. The Morgan fingerprint density at radius 3 is 2.35 bits per heavy atom. The molecule has 5 rings (SSSR count). The molecule has 0 bridgehead atoms. The molecule has 1 saturated heterocycles. The second-order valence-corrected chi connectivity index (χ2v) is 13.9. The van der Waals surface area contributed by atoms with Crippen molar-refractivity contribution in [2.24, 2.45) is 46.3 Å². The minimum atomic E-state index is -4.74. The van der Waals surface area contributed by atoms with E-state index in [9.17, 15) is 23.2 Å². The van der Waals surface area contributed by atoms with Crippen LogP contribution in [0, 0.1) is 46.3 Å². The van der Waals surface area contributed by atoms with Crippen molar-refractivity contribution in [3.8, 4) is 0 Å². The fourth-order valence-corrected chi connectivity index (χ4v) is 9.63. The van der Waals surface area contributed by atoms with Gasteiger partial charge in [0.25, 0.3) is 0 Å². The zero-order chi connectivity index (χ0) is 24.8. The van der Waals surface area contributed by atoms with Crippen molar-refractivity contribution < 1.29 is 32.1 Å². The molecule has 0 amide bonds. The molecule has 4 fully saturated rings. The van der Waals surface area contributed by atoms with Crippen LogP contribution in [0.5, 0.6) is 0 Å². The molecule has 34 heavy (non-hydrogen) atoms. The van der Waals surface area contributed by atoms with E-state index in [-0.39, 0.29) is 17.3 Å². The average molecular weight is 499 g/mol. The monoisotopic (exact) mass is 498 g/mol. The highest BCUT2D eigenvalue weighted by Crippen LogP contribution is 2.67. The lowest BCUT2D eigenvalue weighted by atomic mass is 9.47. The van der Waals surface area contributed by atoms with Crippen LogP contribution in [0.15, 0.2) is 11.6 Å². The summed E-state index contributed by atoms with van der Waals surface area (Å²) in [6, 6.07) is 0. The number of aliphatic hydroxyl groups excluding tert-OH is 2. The van der Waals surface area contributed by atoms with Gasteiger partial charge in [0.2, 0.25) is 0 Å². The van der Waals surface area contributed by atoms with Crippen molar-refractivity contribution in [2.75, 3.05) is 0 Å². The van der Waals surface area contributed by atoms with Crippen LogP contribution < -0.4 is 0 Å². The van der Waals surface area contributed by atoms with Gasteiger partial charge in [-0.3, -0.25) is 4.55 Å². The summed E-state index contributed by atoms with van der Waals surface area (Å²) in [5.74, 6) is 2.12. The van der Waals surface area contributed by atoms with Gasteiger partial charge in [-0.2, -0.15) is 8.42 Å². The molecule has 3 N–H and O–H groups in total.